The van der Waals surface area contributed by atoms with Gasteiger partial charge in [-0.1, -0.05) is 0 Å². The first-order valence-electron chi connectivity index (χ1n) is 4.94. The number of rotatable bonds is 3. The molecular weight excluding hydrogens is 242 g/mol. The molecule has 2 N–H and O–H groups in total. The number of nitrogens with zero attached hydrogens (tertiary/aromatic N) is 3. The topological polar surface area (TPSA) is 79.6 Å². The highest BCUT2D eigenvalue weighted by Gasteiger charge is 2.08. The zero-order valence-electron chi connectivity index (χ0n) is 8.64. The lowest BCUT2D eigenvalue weighted by atomic mass is 10.3. The minimum absolute atomic E-state index is 0.166. The number of hydrogen-bond donors (Lipinski definition) is 2. The Hall–Kier alpha value is -2.08. The fraction of sp³-hybridized carbons (Fsp3) is 0.100. The quantitative estimate of drug-likeness (QED) is 0.696. The molecule has 0 saturated carbocycles. The van der Waals surface area contributed by atoms with Gasteiger partial charge in [0.25, 0.3) is 0 Å². The van der Waals surface area contributed by atoms with Crippen molar-refractivity contribution in [1.29, 1.82) is 0 Å². The summed E-state index contributed by atoms with van der Waals surface area (Å²) in [6, 6.07) is 1.87. The Bertz CT molecular complexity index is 633. The van der Waals surface area contributed by atoms with E-state index < -0.39 is 0 Å². The molecule has 86 valence electrons. The Kier molecular flexibility index (Phi) is 2.41. The van der Waals surface area contributed by atoms with Gasteiger partial charge in [0.2, 0.25) is 5.28 Å². The standard InChI is InChI=1S/C10H8ClN5O/c11-10-15-8(7-9(16-10)14-5-13-7)12-3-6-1-2-17-4-6/h1-2,4-5H,3H2,(H2,12,13,14,15,16). The van der Waals surface area contributed by atoms with Crippen molar-refractivity contribution in [2.45, 2.75) is 6.54 Å². The van der Waals surface area contributed by atoms with E-state index in [0.29, 0.717) is 18.0 Å². The molecule has 0 saturated heterocycles. The van der Waals surface area contributed by atoms with E-state index in [4.69, 9.17) is 16.0 Å². The van der Waals surface area contributed by atoms with Crippen molar-refractivity contribution in [3.05, 3.63) is 35.8 Å². The molecule has 3 aromatic rings. The second-order valence-corrected chi connectivity index (χ2v) is 3.77. The third-order valence-corrected chi connectivity index (χ3v) is 2.47. The van der Waals surface area contributed by atoms with E-state index in [0.717, 1.165) is 11.1 Å². The Morgan fingerprint density at radius 2 is 2.35 bits per heavy atom. The molecule has 0 bridgehead atoms. The number of imidazole rings is 1. The van der Waals surface area contributed by atoms with E-state index in [9.17, 15) is 0 Å². The zero-order chi connectivity index (χ0) is 11.7. The molecule has 0 aliphatic carbocycles. The van der Waals surface area contributed by atoms with Crippen molar-refractivity contribution in [2.24, 2.45) is 0 Å². The molecule has 0 atom stereocenters. The Balaban J connectivity index is 1.91. The zero-order valence-corrected chi connectivity index (χ0v) is 9.40. The molecule has 0 amide bonds. The van der Waals surface area contributed by atoms with Gasteiger partial charge in [0.15, 0.2) is 11.5 Å². The second kappa shape index (κ2) is 4.06. The first-order valence-corrected chi connectivity index (χ1v) is 5.32. The molecule has 7 heteroatoms. The molecule has 0 radical (unpaired) electrons. The highest BCUT2D eigenvalue weighted by atomic mass is 35.5. The van der Waals surface area contributed by atoms with E-state index in [2.05, 4.69) is 25.3 Å². The van der Waals surface area contributed by atoms with E-state index >= 15 is 0 Å². The summed E-state index contributed by atoms with van der Waals surface area (Å²) >= 11 is 5.81. The normalized spacial score (nSPS) is 10.9. The third kappa shape index (κ3) is 1.94. The van der Waals surface area contributed by atoms with Crippen molar-refractivity contribution < 1.29 is 4.42 Å². The van der Waals surface area contributed by atoms with Crippen LogP contribution in [-0.4, -0.2) is 19.9 Å². The van der Waals surface area contributed by atoms with E-state index in [1.54, 1.807) is 18.9 Å². The van der Waals surface area contributed by atoms with Gasteiger partial charge in [0.05, 0.1) is 18.9 Å². The van der Waals surface area contributed by atoms with E-state index in [1.165, 1.54) is 0 Å². The number of fused-ring (bicyclic) bond motifs is 1. The lowest BCUT2D eigenvalue weighted by Crippen LogP contribution is -2.02. The van der Waals surface area contributed by atoms with Gasteiger partial charge in [-0.15, -0.1) is 0 Å². The number of halogens is 1. The molecule has 0 fully saturated rings. The molecule has 0 unspecified atom stereocenters. The van der Waals surface area contributed by atoms with Crippen LogP contribution in [0.5, 0.6) is 0 Å². The van der Waals surface area contributed by atoms with Gasteiger partial charge in [-0.3, -0.25) is 0 Å². The van der Waals surface area contributed by atoms with Crippen LogP contribution in [0.1, 0.15) is 5.56 Å². The van der Waals surface area contributed by atoms with Crippen LogP contribution in [0, 0.1) is 0 Å². The largest absolute Gasteiger partial charge is 0.472 e. The summed E-state index contributed by atoms with van der Waals surface area (Å²) in [6.07, 6.45) is 4.84. The van der Waals surface area contributed by atoms with Gasteiger partial charge in [0, 0.05) is 12.1 Å². The van der Waals surface area contributed by atoms with E-state index in [-0.39, 0.29) is 5.28 Å². The number of anilines is 1. The average molecular weight is 250 g/mol. The maximum atomic E-state index is 5.81. The van der Waals surface area contributed by atoms with Crippen LogP contribution in [0.15, 0.2) is 29.3 Å². The molecule has 6 nitrogen and oxygen atoms in total. The van der Waals surface area contributed by atoms with Crippen LogP contribution >= 0.6 is 11.6 Å². The predicted octanol–water partition coefficient (Wildman–Crippen LogP) is 2.21. The van der Waals surface area contributed by atoms with Crippen LogP contribution in [-0.2, 0) is 6.54 Å². The summed E-state index contributed by atoms with van der Waals surface area (Å²) in [4.78, 5) is 15.1. The van der Waals surface area contributed by atoms with Crippen LogP contribution < -0.4 is 5.32 Å². The Labute approximate surface area is 101 Å². The minimum atomic E-state index is 0.166. The number of aromatic amines is 1. The van der Waals surface area contributed by atoms with Crippen molar-refractivity contribution >= 4 is 28.6 Å². The van der Waals surface area contributed by atoms with Crippen molar-refractivity contribution in [3.8, 4) is 0 Å². The van der Waals surface area contributed by atoms with Gasteiger partial charge < -0.3 is 14.7 Å². The average Bonchev–Trinajstić information content (AvgIpc) is 2.95. The maximum absolute atomic E-state index is 5.81. The summed E-state index contributed by atoms with van der Waals surface area (Å²) in [6.45, 7) is 0.595. The predicted molar refractivity (Wildman–Crippen MR) is 62.7 cm³/mol. The molecule has 3 rings (SSSR count). The number of hydrogen-bond acceptors (Lipinski definition) is 5. The molecule has 3 aromatic heterocycles. The van der Waals surface area contributed by atoms with Gasteiger partial charge in [-0.2, -0.15) is 9.97 Å². The van der Waals surface area contributed by atoms with Crippen molar-refractivity contribution in [2.75, 3.05) is 5.32 Å². The van der Waals surface area contributed by atoms with Crippen LogP contribution in [0.3, 0.4) is 0 Å². The first-order chi connectivity index (χ1) is 8.33. The Morgan fingerprint density at radius 3 is 3.18 bits per heavy atom. The van der Waals surface area contributed by atoms with Crippen LogP contribution in [0.2, 0.25) is 5.28 Å². The SMILES string of the molecule is Clc1nc(NCc2ccoc2)c2[nH]cnc2n1. The summed E-state index contributed by atoms with van der Waals surface area (Å²) in [5.41, 5.74) is 2.30. The van der Waals surface area contributed by atoms with Gasteiger partial charge in [0.1, 0.15) is 5.52 Å². The molecule has 0 aliphatic heterocycles. The van der Waals surface area contributed by atoms with Crippen LogP contribution in [0.4, 0.5) is 5.82 Å². The number of H-pyrrole nitrogens is 1. The highest BCUT2D eigenvalue weighted by molar-refractivity contribution is 6.28. The van der Waals surface area contributed by atoms with Crippen molar-refractivity contribution in [3.63, 3.8) is 0 Å². The van der Waals surface area contributed by atoms with Crippen LogP contribution in [0.25, 0.3) is 11.2 Å². The Morgan fingerprint density at radius 1 is 1.41 bits per heavy atom. The summed E-state index contributed by atoms with van der Waals surface area (Å²) in [7, 11) is 0. The highest BCUT2D eigenvalue weighted by Crippen LogP contribution is 2.19. The number of furan rings is 1. The molecular formula is C10H8ClN5O. The summed E-state index contributed by atoms with van der Waals surface area (Å²) in [5, 5.41) is 3.32. The molecule has 0 spiro atoms. The van der Waals surface area contributed by atoms with E-state index in [1.807, 2.05) is 6.07 Å². The lowest BCUT2D eigenvalue weighted by Gasteiger charge is -2.04. The molecule has 3 heterocycles. The summed E-state index contributed by atoms with van der Waals surface area (Å²) in [5.74, 6) is 0.624. The maximum Gasteiger partial charge on any atom is 0.226 e. The minimum Gasteiger partial charge on any atom is -0.472 e. The number of aromatic nitrogens is 4. The smallest absolute Gasteiger partial charge is 0.226 e. The fourth-order valence-electron chi connectivity index (χ4n) is 1.51. The van der Waals surface area contributed by atoms with Crippen molar-refractivity contribution in [1.82, 2.24) is 19.9 Å². The first kappa shape index (κ1) is 10.1. The fourth-order valence-corrected chi connectivity index (χ4v) is 1.68. The third-order valence-electron chi connectivity index (χ3n) is 2.30. The van der Waals surface area contributed by atoms with Gasteiger partial charge >= 0.3 is 0 Å². The second-order valence-electron chi connectivity index (χ2n) is 3.43. The van der Waals surface area contributed by atoms with Gasteiger partial charge in [-0.25, -0.2) is 4.98 Å². The molecule has 17 heavy (non-hydrogen) atoms. The monoisotopic (exact) mass is 249 g/mol. The summed E-state index contributed by atoms with van der Waals surface area (Å²) < 4.78 is 4.98. The lowest BCUT2D eigenvalue weighted by molar-refractivity contribution is 0.564. The molecule has 0 aromatic carbocycles. The van der Waals surface area contributed by atoms with Gasteiger partial charge in [-0.05, 0) is 17.7 Å². The number of nitrogens with one attached hydrogen (secondary N) is 2. The molecule has 0 aliphatic rings.